The van der Waals surface area contributed by atoms with Crippen molar-refractivity contribution in [2.24, 2.45) is 0 Å². The lowest BCUT2D eigenvalue weighted by Crippen LogP contribution is -2.39. The highest BCUT2D eigenvalue weighted by Crippen LogP contribution is 2.25. The van der Waals surface area contributed by atoms with Gasteiger partial charge in [-0.25, -0.2) is 14.3 Å². The van der Waals surface area contributed by atoms with E-state index in [9.17, 15) is 23.2 Å². The molecular weight excluding hydrogens is 522 g/mol. The Balaban J connectivity index is 1.66. The van der Waals surface area contributed by atoms with Crippen molar-refractivity contribution >= 4 is 11.6 Å². The van der Waals surface area contributed by atoms with Crippen molar-refractivity contribution < 1.29 is 13.5 Å². The third-order valence-electron chi connectivity index (χ3n) is 5.56. The quantitative estimate of drug-likeness (QED) is 0.339. The first kappa shape index (κ1) is 24.8. The van der Waals surface area contributed by atoms with Gasteiger partial charge in [0, 0.05) is 42.1 Å². The number of H-pyrrole nitrogens is 1. The number of hydrogen-bond donors (Lipinski definition) is 1. The number of halogens is 3. The molecule has 38 heavy (non-hydrogen) atoms. The number of benzene rings is 1. The molecule has 5 rings (SSSR count). The minimum absolute atomic E-state index is 0.0191. The Bertz CT molecular complexity index is 1800. The van der Waals surface area contributed by atoms with Crippen molar-refractivity contribution in [3.8, 4) is 28.3 Å². The molecule has 4 aromatic heterocycles. The van der Waals surface area contributed by atoms with Crippen molar-refractivity contribution in [3.63, 3.8) is 0 Å². The van der Waals surface area contributed by atoms with Crippen LogP contribution < -0.4 is 21.5 Å². The number of nitrogens with zero attached hydrogens (tertiary/aromatic N) is 5. The van der Waals surface area contributed by atoms with Crippen LogP contribution in [0.5, 0.6) is 5.75 Å². The normalized spacial score (nSPS) is 11.2. The Morgan fingerprint density at radius 3 is 2.61 bits per heavy atom. The molecule has 192 valence electrons. The summed E-state index contributed by atoms with van der Waals surface area (Å²) in [5.41, 5.74) is -1.66. The molecular formula is C25H17ClF2N6O4. The maximum Gasteiger partial charge on any atom is 0.340 e. The Morgan fingerprint density at radius 1 is 1.03 bits per heavy atom. The summed E-state index contributed by atoms with van der Waals surface area (Å²) in [5, 5.41) is 0.167. The number of aromatic amines is 1. The van der Waals surface area contributed by atoms with E-state index in [0.29, 0.717) is 4.57 Å². The lowest BCUT2D eigenvalue weighted by molar-refractivity contribution is 0.0632. The van der Waals surface area contributed by atoms with E-state index >= 15 is 0 Å². The van der Waals surface area contributed by atoms with Gasteiger partial charge in [-0.1, -0.05) is 11.6 Å². The van der Waals surface area contributed by atoms with E-state index in [2.05, 4.69) is 15.0 Å². The molecule has 0 amide bonds. The first-order valence-electron chi connectivity index (χ1n) is 11.0. The molecule has 0 aliphatic heterocycles. The van der Waals surface area contributed by atoms with Gasteiger partial charge < -0.3 is 9.72 Å². The number of alkyl halides is 2. The fraction of sp³-hybridized carbons (Fsp3) is 0.0800. The van der Waals surface area contributed by atoms with Crippen molar-refractivity contribution in [1.82, 2.24) is 28.7 Å². The predicted octanol–water partition coefficient (Wildman–Crippen LogP) is 3.56. The summed E-state index contributed by atoms with van der Waals surface area (Å²) in [6.07, 6.45) is 7.83. The number of imidazole rings is 1. The zero-order chi connectivity index (χ0) is 26.8. The van der Waals surface area contributed by atoms with Gasteiger partial charge in [-0.05, 0) is 36.4 Å². The molecule has 0 aliphatic rings. The van der Waals surface area contributed by atoms with Gasteiger partial charge in [0.05, 0.1) is 28.7 Å². The summed E-state index contributed by atoms with van der Waals surface area (Å²) in [6.45, 7) is -3.09. The van der Waals surface area contributed by atoms with Gasteiger partial charge in [-0.15, -0.1) is 0 Å². The van der Waals surface area contributed by atoms with Crippen molar-refractivity contribution in [2.75, 3.05) is 0 Å². The Labute approximate surface area is 217 Å². The minimum Gasteiger partial charge on any atom is -0.486 e. The zero-order valence-corrected chi connectivity index (χ0v) is 20.0. The zero-order valence-electron chi connectivity index (χ0n) is 19.3. The van der Waals surface area contributed by atoms with E-state index < -0.39 is 23.4 Å². The lowest BCUT2D eigenvalue weighted by Gasteiger charge is -2.15. The van der Waals surface area contributed by atoms with E-state index in [1.165, 1.54) is 61.3 Å². The standard InChI is InChI=1S/C25H17ClF2N6O4/c26-15-9-17(11-18(10-15)38-14-21-30-7-8-32(21)24(27)28)33-13-20(19-4-2-6-31-22(19)35)23(36)34(25(33)37)16-3-1-5-29-12-16/h1-13,24H,14H2,(H,31,35). The molecule has 0 spiro atoms. The second-order valence-corrected chi connectivity index (χ2v) is 8.36. The molecule has 0 bridgehead atoms. The Morgan fingerprint density at radius 2 is 1.87 bits per heavy atom. The van der Waals surface area contributed by atoms with Crippen LogP contribution in [0.15, 0.2) is 94.0 Å². The first-order chi connectivity index (χ1) is 18.3. The van der Waals surface area contributed by atoms with Crippen LogP contribution >= 0.6 is 11.6 Å². The maximum absolute atomic E-state index is 13.6. The first-order valence-corrected chi connectivity index (χ1v) is 11.4. The average Bonchev–Trinajstić information content (AvgIpc) is 3.38. The summed E-state index contributed by atoms with van der Waals surface area (Å²) < 4.78 is 34.6. The second-order valence-electron chi connectivity index (χ2n) is 7.92. The van der Waals surface area contributed by atoms with E-state index in [1.54, 1.807) is 12.1 Å². The Hall–Kier alpha value is -4.84. The molecule has 10 nitrogen and oxygen atoms in total. The highest BCUT2D eigenvalue weighted by atomic mass is 35.5. The van der Waals surface area contributed by atoms with E-state index in [-0.39, 0.29) is 45.7 Å². The van der Waals surface area contributed by atoms with Crippen LogP contribution in [-0.2, 0) is 6.61 Å². The predicted molar refractivity (Wildman–Crippen MR) is 134 cm³/mol. The highest BCUT2D eigenvalue weighted by Gasteiger charge is 2.19. The van der Waals surface area contributed by atoms with E-state index in [4.69, 9.17) is 16.3 Å². The molecule has 0 aliphatic carbocycles. The van der Waals surface area contributed by atoms with Crippen LogP contribution in [0, 0.1) is 0 Å². The number of rotatable bonds is 7. The van der Waals surface area contributed by atoms with E-state index in [1.807, 2.05) is 0 Å². The van der Waals surface area contributed by atoms with E-state index in [0.717, 1.165) is 15.3 Å². The number of nitrogens with one attached hydrogen (secondary N) is 1. The molecule has 4 heterocycles. The van der Waals surface area contributed by atoms with Gasteiger partial charge in [-0.2, -0.15) is 8.78 Å². The van der Waals surface area contributed by atoms with Crippen molar-refractivity contribution in [2.45, 2.75) is 13.2 Å². The van der Waals surface area contributed by atoms with Gasteiger partial charge in [0.2, 0.25) is 0 Å². The average molecular weight is 539 g/mol. The molecule has 1 aromatic carbocycles. The van der Waals surface area contributed by atoms with Crippen LogP contribution in [0.2, 0.25) is 5.02 Å². The summed E-state index contributed by atoms with van der Waals surface area (Å²) in [7, 11) is 0. The van der Waals surface area contributed by atoms with Gasteiger partial charge in [-0.3, -0.25) is 23.7 Å². The molecule has 5 aromatic rings. The number of ether oxygens (including phenoxy) is 1. The largest absolute Gasteiger partial charge is 0.486 e. The summed E-state index contributed by atoms with van der Waals surface area (Å²) in [6, 6.07) is 10.4. The number of aromatic nitrogens is 6. The lowest BCUT2D eigenvalue weighted by atomic mass is 10.1. The third kappa shape index (κ3) is 4.76. The topological polar surface area (TPSA) is 117 Å². The van der Waals surface area contributed by atoms with Gasteiger partial charge in [0.25, 0.3) is 11.1 Å². The summed E-state index contributed by atoms with van der Waals surface area (Å²) >= 11 is 6.29. The molecule has 0 saturated carbocycles. The Kier molecular flexibility index (Phi) is 6.71. The van der Waals surface area contributed by atoms with Crippen molar-refractivity contribution in [3.05, 3.63) is 122 Å². The maximum atomic E-state index is 13.6. The van der Waals surface area contributed by atoms with Crippen LogP contribution in [0.3, 0.4) is 0 Å². The van der Waals surface area contributed by atoms with Gasteiger partial charge >= 0.3 is 12.2 Å². The molecule has 0 fully saturated rings. The smallest absolute Gasteiger partial charge is 0.340 e. The third-order valence-corrected chi connectivity index (χ3v) is 5.78. The molecule has 0 radical (unpaired) electrons. The van der Waals surface area contributed by atoms with Gasteiger partial charge in [0.15, 0.2) is 5.82 Å². The number of pyridine rings is 2. The monoisotopic (exact) mass is 538 g/mol. The fourth-order valence-electron chi connectivity index (χ4n) is 3.82. The molecule has 0 saturated heterocycles. The molecule has 0 unspecified atom stereocenters. The summed E-state index contributed by atoms with van der Waals surface area (Å²) in [5.74, 6) is 0.135. The molecule has 13 heteroatoms. The SMILES string of the molecule is O=c1[nH]cccc1-c1cn(-c2cc(Cl)cc(OCc3nccn3C(F)F)c2)c(=O)n(-c2cccnc2)c1=O. The van der Waals surface area contributed by atoms with Crippen LogP contribution in [0.1, 0.15) is 12.4 Å². The second kappa shape index (κ2) is 10.3. The summed E-state index contributed by atoms with van der Waals surface area (Å²) in [4.78, 5) is 49.9. The molecule has 0 atom stereocenters. The highest BCUT2D eigenvalue weighted by molar-refractivity contribution is 6.30. The number of hydrogen-bond acceptors (Lipinski definition) is 6. The van der Waals surface area contributed by atoms with Gasteiger partial charge in [0.1, 0.15) is 12.4 Å². The fourth-order valence-corrected chi connectivity index (χ4v) is 4.04. The van der Waals surface area contributed by atoms with Crippen LogP contribution in [0.4, 0.5) is 8.78 Å². The molecule has 1 N–H and O–H groups in total. The van der Waals surface area contributed by atoms with Crippen molar-refractivity contribution in [1.29, 1.82) is 0 Å². The van der Waals surface area contributed by atoms with Crippen LogP contribution in [0.25, 0.3) is 22.5 Å². The minimum atomic E-state index is -2.79. The van der Waals surface area contributed by atoms with Crippen LogP contribution in [-0.4, -0.2) is 28.7 Å².